The van der Waals surface area contributed by atoms with E-state index in [4.69, 9.17) is 10.5 Å². The van der Waals surface area contributed by atoms with Gasteiger partial charge in [0.05, 0.1) is 17.2 Å². The molecule has 2 N–H and O–H groups in total. The summed E-state index contributed by atoms with van der Waals surface area (Å²) in [7, 11) is 0. The first-order valence-electron chi connectivity index (χ1n) is 6.47. The summed E-state index contributed by atoms with van der Waals surface area (Å²) in [4.78, 5) is 0. The van der Waals surface area contributed by atoms with Gasteiger partial charge in [0.1, 0.15) is 5.82 Å². The zero-order chi connectivity index (χ0) is 13.0. The smallest absolute Gasteiger partial charge is 0.137 e. The van der Waals surface area contributed by atoms with Gasteiger partial charge in [-0.15, -0.1) is 0 Å². The van der Waals surface area contributed by atoms with Crippen LogP contribution < -0.4 is 5.73 Å². The van der Waals surface area contributed by atoms with Gasteiger partial charge in [0.15, 0.2) is 0 Å². The predicted molar refractivity (Wildman–Crippen MR) is 73.7 cm³/mol. The lowest BCUT2D eigenvalue weighted by atomic mass is 9.86. The second-order valence-electron chi connectivity index (χ2n) is 4.84. The molecular formula is C14H19BrFNO. The highest BCUT2D eigenvalue weighted by molar-refractivity contribution is 9.10. The largest absolute Gasteiger partial charge is 0.373 e. The van der Waals surface area contributed by atoms with Crippen LogP contribution >= 0.6 is 15.9 Å². The number of benzene rings is 1. The zero-order valence-electron chi connectivity index (χ0n) is 10.4. The Morgan fingerprint density at radius 1 is 1.33 bits per heavy atom. The van der Waals surface area contributed by atoms with Gasteiger partial charge >= 0.3 is 0 Å². The number of hydrogen-bond acceptors (Lipinski definition) is 2. The lowest BCUT2D eigenvalue weighted by Crippen LogP contribution is -2.33. The van der Waals surface area contributed by atoms with Gasteiger partial charge in [0, 0.05) is 0 Å². The third-order valence-electron chi connectivity index (χ3n) is 3.63. The van der Waals surface area contributed by atoms with Crippen molar-refractivity contribution in [2.24, 2.45) is 11.7 Å². The fraction of sp³-hybridized carbons (Fsp3) is 0.571. The van der Waals surface area contributed by atoms with E-state index in [-0.39, 0.29) is 11.9 Å². The van der Waals surface area contributed by atoms with Crippen LogP contribution in [-0.4, -0.2) is 12.6 Å². The Balaban J connectivity index is 1.96. The van der Waals surface area contributed by atoms with Crippen molar-refractivity contribution in [3.05, 3.63) is 34.1 Å². The molecule has 0 bridgehead atoms. The summed E-state index contributed by atoms with van der Waals surface area (Å²) < 4.78 is 19.8. The Labute approximate surface area is 116 Å². The molecule has 4 heteroatoms. The standard InChI is InChI=1S/C14H19BrFNO/c15-14-11(5-3-6-12(14)16)9-18-13-7-2-1-4-10(13)8-17/h3,5-6,10,13H,1-2,4,7-9,17H2. The van der Waals surface area contributed by atoms with Crippen LogP contribution in [0, 0.1) is 11.7 Å². The summed E-state index contributed by atoms with van der Waals surface area (Å²) in [6.07, 6.45) is 4.87. The van der Waals surface area contributed by atoms with Gasteiger partial charge in [-0.05, 0) is 52.9 Å². The van der Waals surface area contributed by atoms with E-state index in [2.05, 4.69) is 15.9 Å². The second-order valence-corrected chi connectivity index (χ2v) is 5.64. The molecule has 1 aromatic rings. The van der Waals surface area contributed by atoms with Gasteiger partial charge in [-0.1, -0.05) is 25.0 Å². The SMILES string of the molecule is NCC1CCCCC1OCc1cccc(F)c1Br. The molecular weight excluding hydrogens is 297 g/mol. The Hall–Kier alpha value is -0.450. The molecule has 0 spiro atoms. The van der Waals surface area contributed by atoms with Crippen molar-refractivity contribution in [3.8, 4) is 0 Å². The average molecular weight is 316 g/mol. The van der Waals surface area contributed by atoms with Gasteiger partial charge in [-0.25, -0.2) is 4.39 Å². The summed E-state index contributed by atoms with van der Waals surface area (Å²) in [5.41, 5.74) is 6.63. The first-order valence-corrected chi connectivity index (χ1v) is 7.26. The lowest BCUT2D eigenvalue weighted by Gasteiger charge is -2.30. The maximum atomic E-state index is 13.4. The molecule has 0 radical (unpaired) electrons. The molecule has 18 heavy (non-hydrogen) atoms. The van der Waals surface area contributed by atoms with E-state index in [9.17, 15) is 4.39 Å². The van der Waals surface area contributed by atoms with Crippen LogP contribution in [0.5, 0.6) is 0 Å². The lowest BCUT2D eigenvalue weighted by molar-refractivity contribution is -0.0186. The van der Waals surface area contributed by atoms with Crippen LogP contribution in [0.4, 0.5) is 4.39 Å². The van der Waals surface area contributed by atoms with Crippen LogP contribution in [0.2, 0.25) is 0 Å². The summed E-state index contributed by atoms with van der Waals surface area (Å²) in [6.45, 7) is 1.12. The highest BCUT2D eigenvalue weighted by atomic mass is 79.9. The van der Waals surface area contributed by atoms with Crippen molar-refractivity contribution in [2.45, 2.75) is 38.4 Å². The molecule has 2 rings (SSSR count). The van der Waals surface area contributed by atoms with Crippen molar-refractivity contribution in [1.82, 2.24) is 0 Å². The Morgan fingerprint density at radius 3 is 2.89 bits per heavy atom. The maximum absolute atomic E-state index is 13.4. The van der Waals surface area contributed by atoms with Gasteiger partial charge in [0.25, 0.3) is 0 Å². The van der Waals surface area contributed by atoms with Gasteiger partial charge in [-0.3, -0.25) is 0 Å². The number of hydrogen-bond donors (Lipinski definition) is 1. The van der Waals surface area contributed by atoms with E-state index in [0.717, 1.165) is 18.4 Å². The average Bonchev–Trinajstić information content (AvgIpc) is 2.41. The Morgan fingerprint density at radius 2 is 2.11 bits per heavy atom. The molecule has 0 amide bonds. The molecule has 1 aliphatic rings. The van der Waals surface area contributed by atoms with Crippen molar-refractivity contribution >= 4 is 15.9 Å². The molecule has 2 atom stereocenters. The topological polar surface area (TPSA) is 35.2 Å². The molecule has 2 nitrogen and oxygen atoms in total. The van der Waals surface area contributed by atoms with Gasteiger partial charge in [0.2, 0.25) is 0 Å². The minimum Gasteiger partial charge on any atom is -0.373 e. The normalized spacial score (nSPS) is 24.2. The first kappa shape index (κ1) is 14.0. The van der Waals surface area contributed by atoms with E-state index in [1.165, 1.54) is 18.9 Å². The zero-order valence-corrected chi connectivity index (χ0v) is 12.0. The quantitative estimate of drug-likeness (QED) is 0.921. The molecule has 1 aromatic carbocycles. The van der Waals surface area contributed by atoms with Crippen molar-refractivity contribution in [2.75, 3.05) is 6.54 Å². The molecule has 0 saturated heterocycles. The third kappa shape index (κ3) is 3.31. The van der Waals surface area contributed by atoms with Crippen LogP contribution in [0.3, 0.4) is 0 Å². The third-order valence-corrected chi connectivity index (χ3v) is 4.51. The molecule has 0 heterocycles. The monoisotopic (exact) mass is 315 g/mol. The summed E-state index contributed by atoms with van der Waals surface area (Å²) in [5.74, 6) is 0.209. The molecule has 1 saturated carbocycles. The molecule has 1 aliphatic carbocycles. The first-order chi connectivity index (χ1) is 8.72. The molecule has 100 valence electrons. The fourth-order valence-corrected chi connectivity index (χ4v) is 2.90. The summed E-state index contributed by atoms with van der Waals surface area (Å²) in [6, 6.07) is 5.03. The Kier molecular flexibility index (Phi) is 5.15. The highest BCUT2D eigenvalue weighted by Gasteiger charge is 2.24. The van der Waals surface area contributed by atoms with Crippen LogP contribution in [0.1, 0.15) is 31.2 Å². The summed E-state index contributed by atoms with van der Waals surface area (Å²) in [5, 5.41) is 0. The fourth-order valence-electron chi connectivity index (χ4n) is 2.52. The van der Waals surface area contributed by atoms with E-state index >= 15 is 0 Å². The highest BCUT2D eigenvalue weighted by Crippen LogP contribution is 2.28. The minimum atomic E-state index is -0.241. The molecule has 0 aromatic heterocycles. The van der Waals surface area contributed by atoms with E-state index in [1.807, 2.05) is 6.07 Å². The van der Waals surface area contributed by atoms with E-state index < -0.39 is 0 Å². The molecule has 1 fully saturated rings. The number of rotatable bonds is 4. The van der Waals surface area contributed by atoms with Gasteiger partial charge in [-0.2, -0.15) is 0 Å². The van der Waals surface area contributed by atoms with E-state index in [1.54, 1.807) is 6.07 Å². The number of ether oxygens (including phenoxy) is 1. The molecule has 2 unspecified atom stereocenters. The summed E-state index contributed by atoms with van der Waals surface area (Å²) >= 11 is 3.26. The van der Waals surface area contributed by atoms with Crippen molar-refractivity contribution in [3.63, 3.8) is 0 Å². The van der Waals surface area contributed by atoms with Gasteiger partial charge < -0.3 is 10.5 Å². The van der Waals surface area contributed by atoms with Crippen molar-refractivity contribution < 1.29 is 9.13 Å². The molecule has 0 aliphatic heterocycles. The Bertz CT molecular complexity index is 399. The number of halogens is 2. The maximum Gasteiger partial charge on any atom is 0.137 e. The van der Waals surface area contributed by atoms with E-state index in [0.29, 0.717) is 23.5 Å². The van der Waals surface area contributed by atoms with Crippen molar-refractivity contribution in [1.29, 1.82) is 0 Å². The predicted octanol–water partition coefficient (Wildman–Crippen LogP) is 3.62. The minimum absolute atomic E-state index is 0.221. The van der Waals surface area contributed by atoms with Crippen LogP contribution in [-0.2, 0) is 11.3 Å². The van der Waals surface area contributed by atoms with Crippen LogP contribution in [0.15, 0.2) is 22.7 Å². The number of nitrogens with two attached hydrogens (primary N) is 1. The van der Waals surface area contributed by atoms with Crippen LogP contribution in [0.25, 0.3) is 0 Å². The second kappa shape index (κ2) is 6.64.